The van der Waals surface area contributed by atoms with E-state index in [1.807, 2.05) is 24.3 Å². The summed E-state index contributed by atoms with van der Waals surface area (Å²) in [6.07, 6.45) is 2.10. The maximum absolute atomic E-state index is 12.1. The van der Waals surface area contributed by atoms with Crippen molar-refractivity contribution in [3.05, 3.63) is 65.2 Å². The summed E-state index contributed by atoms with van der Waals surface area (Å²) < 4.78 is 0. The highest BCUT2D eigenvalue weighted by Crippen LogP contribution is 2.13. The molecule has 0 aromatic heterocycles. The van der Waals surface area contributed by atoms with Crippen molar-refractivity contribution >= 4 is 17.5 Å². The van der Waals surface area contributed by atoms with Gasteiger partial charge in [0.05, 0.1) is 0 Å². The quantitative estimate of drug-likeness (QED) is 0.586. The number of amides is 2. The number of carbonyl (C=O) groups excluding carboxylic acids is 2. The number of hydroxylamine groups is 1. The van der Waals surface area contributed by atoms with Crippen LogP contribution in [0.5, 0.6) is 0 Å². The largest absolute Gasteiger partial charge is 0.322 e. The Labute approximate surface area is 128 Å². The number of nitrogens with one attached hydrogen (secondary N) is 2. The molecule has 0 fully saturated rings. The van der Waals surface area contributed by atoms with Crippen molar-refractivity contribution < 1.29 is 14.8 Å². The summed E-state index contributed by atoms with van der Waals surface area (Å²) in [5.41, 5.74) is 4.22. The van der Waals surface area contributed by atoms with Crippen LogP contribution >= 0.6 is 0 Å². The van der Waals surface area contributed by atoms with Gasteiger partial charge >= 0.3 is 0 Å². The van der Waals surface area contributed by atoms with E-state index in [2.05, 4.69) is 12.2 Å². The third-order valence-corrected chi connectivity index (χ3v) is 3.26. The second-order valence-corrected chi connectivity index (χ2v) is 4.92. The van der Waals surface area contributed by atoms with Gasteiger partial charge in [0.1, 0.15) is 0 Å². The Morgan fingerprint density at radius 1 is 0.909 bits per heavy atom. The van der Waals surface area contributed by atoms with Gasteiger partial charge in [-0.2, -0.15) is 0 Å². The normalized spacial score (nSPS) is 10.1. The fraction of sp³-hybridized carbons (Fsp3) is 0.176. The van der Waals surface area contributed by atoms with Gasteiger partial charge in [0.15, 0.2) is 0 Å². The number of anilines is 1. The highest BCUT2D eigenvalue weighted by atomic mass is 16.5. The van der Waals surface area contributed by atoms with Crippen LogP contribution in [-0.2, 0) is 6.42 Å². The minimum absolute atomic E-state index is 0.251. The van der Waals surface area contributed by atoms with Gasteiger partial charge in [0.25, 0.3) is 11.8 Å². The summed E-state index contributed by atoms with van der Waals surface area (Å²) >= 11 is 0. The fourth-order valence-corrected chi connectivity index (χ4v) is 2.08. The standard InChI is InChI=1S/C17H18N2O3/c1-2-3-12-4-10-15(11-5-12)18-16(20)13-6-8-14(9-7-13)17(21)19-22/h4-11,22H,2-3H2,1H3,(H,18,20)(H,19,21). The second-order valence-electron chi connectivity index (χ2n) is 4.92. The lowest BCUT2D eigenvalue weighted by Crippen LogP contribution is -2.19. The first kappa shape index (κ1) is 15.7. The van der Waals surface area contributed by atoms with E-state index in [-0.39, 0.29) is 11.5 Å². The van der Waals surface area contributed by atoms with Crippen LogP contribution in [0.4, 0.5) is 5.69 Å². The van der Waals surface area contributed by atoms with Crippen molar-refractivity contribution in [3.8, 4) is 0 Å². The molecule has 0 saturated heterocycles. The zero-order valence-electron chi connectivity index (χ0n) is 12.3. The molecule has 0 saturated carbocycles. The van der Waals surface area contributed by atoms with Crippen molar-refractivity contribution in [1.82, 2.24) is 5.48 Å². The number of aryl methyl sites for hydroxylation is 1. The molecule has 2 amide bonds. The number of hydrogen-bond donors (Lipinski definition) is 3. The van der Waals surface area contributed by atoms with E-state index in [9.17, 15) is 9.59 Å². The van der Waals surface area contributed by atoms with Crippen molar-refractivity contribution in [1.29, 1.82) is 0 Å². The lowest BCUT2D eigenvalue weighted by atomic mass is 10.1. The average Bonchev–Trinajstić information content (AvgIpc) is 2.56. The van der Waals surface area contributed by atoms with E-state index < -0.39 is 5.91 Å². The molecule has 0 bridgehead atoms. The highest BCUT2D eigenvalue weighted by molar-refractivity contribution is 6.05. The Morgan fingerprint density at radius 2 is 1.45 bits per heavy atom. The minimum Gasteiger partial charge on any atom is -0.322 e. The summed E-state index contributed by atoms with van der Waals surface area (Å²) in [4.78, 5) is 23.3. The smallest absolute Gasteiger partial charge is 0.274 e. The maximum Gasteiger partial charge on any atom is 0.274 e. The average molecular weight is 298 g/mol. The van der Waals surface area contributed by atoms with Crippen LogP contribution in [0, 0.1) is 0 Å². The Balaban J connectivity index is 2.03. The van der Waals surface area contributed by atoms with Gasteiger partial charge in [-0.15, -0.1) is 0 Å². The molecule has 22 heavy (non-hydrogen) atoms. The molecule has 0 heterocycles. The van der Waals surface area contributed by atoms with Crippen molar-refractivity contribution in [2.75, 3.05) is 5.32 Å². The number of benzene rings is 2. The number of hydrogen-bond acceptors (Lipinski definition) is 3. The van der Waals surface area contributed by atoms with Crippen LogP contribution < -0.4 is 10.8 Å². The fourth-order valence-electron chi connectivity index (χ4n) is 2.08. The van der Waals surface area contributed by atoms with Gasteiger partial charge in [-0.1, -0.05) is 25.5 Å². The molecule has 5 nitrogen and oxygen atoms in total. The molecular weight excluding hydrogens is 280 g/mol. The van der Waals surface area contributed by atoms with E-state index in [1.54, 1.807) is 5.48 Å². The van der Waals surface area contributed by atoms with E-state index in [4.69, 9.17) is 5.21 Å². The van der Waals surface area contributed by atoms with E-state index in [0.717, 1.165) is 18.5 Å². The Morgan fingerprint density at radius 3 is 1.95 bits per heavy atom. The van der Waals surface area contributed by atoms with Crippen LogP contribution in [-0.4, -0.2) is 17.0 Å². The molecule has 2 rings (SSSR count). The zero-order valence-corrected chi connectivity index (χ0v) is 12.3. The third kappa shape index (κ3) is 3.93. The second kappa shape index (κ2) is 7.38. The Hall–Kier alpha value is -2.66. The molecule has 0 aliphatic carbocycles. The molecular formula is C17H18N2O3. The van der Waals surface area contributed by atoms with Crippen molar-refractivity contribution in [2.24, 2.45) is 0 Å². The maximum atomic E-state index is 12.1. The van der Waals surface area contributed by atoms with Crippen molar-refractivity contribution in [2.45, 2.75) is 19.8 Å². The number of carbonyl (C=O) groups is 2. The van der Waals surface area contributed by atoms with Crippen LogP contribution in [0.15, 0.2) is 48.5 Å². The molecule has 3 N–H and O–H groups in total. The SMILES string of the molecule is CCCc1ccc(NC(=O)c2ccc(C(=O)NO)cc2)cc1. The number of rotatable bonds is 5. The first-order valence-corrected chi connectivity index (χ1v) is 7.09. The Kier molecular flexibility index (Phi) is 5.27. The summed E-state index contributed by atoms with van der Waals surface area (Å²) in [6, 6.07) is 13.8. The Bertz CT molecular complexity index is 649. The molecule has 0 atom stereocenters. The minimum atomic E-state index is -0.613. The summed E-state index contributed by atoms with van der Waals surface area (Å²) in [6.45, 7) is 2.12. The lowest BCUT2D eigenvalue weighted by Gasteiger charge is -2.07. The molecule has 5 heteroatoms. The zero-order chi connectivity index (χ0) is 15.9. The van der Waals surface area contributed by atoms with Crippen LogP contribution in [0.2, 0.25) is 0 Å². The van der Waals surface area contributed by atoms with Gasteiger partial charge in [-0.3, -0.25) is 14.8 Å². The van der Waals surface area contributed by atoms with Gasteiger partial charge in [-0.05, 0) is 48.4 Å². The first-order chi connectivity index (χ1) is 10.6. The van der Waals surface area contributed by atoms with Gasteiger partial charge in [0, 0.05) is 16.8 Å². The topological polar surface area (TPSA) is 78.4 Å². The summed E-state index contributed by atoms with van der Waals surface area (Å²) in [7, 11) is 0. The molecule has 0 unspecified atom stereocenters. The monoisotopic (exact) mass is 298 g/mol. The van der Waals surface area contributed by atoms with Crippen LogP contribution in [0.1, 0.15) is 39.6 Å². The molecule has 0 aliphatic rings. The van der Waals surface area contributed by atoms with Gasteiger partial charge in [-0.25, -0.2) is 5.48 Å². The van der Waals surface area contributed by atoms with E-state index in [0.29, 0.717) is 5.56 Å². The lowest BCUT2D eigenvalue weighted by molar-refractivity contribution is 0.0706. The molecule has 114 valence electrons. The van der Waals surface area contributed by atoms with Gasteiger partial charge < -0.3 is 5.32 Å². The molecule has 0 spiro atoms. The van der Waals surface area contributed by atoms with Crippen LogP contribution in [0.3, 0.4) is 0 Å². The van der Waals surface area contributed by atoms with Gasteiger partial charge in [0.2, 0.25) is 0 Å². The predicted molar refractivity (Wildman–Crippen MR) is 84.1 cm³/mol. The molecule has 2 aromatic rings. The third-order valence-electron chi connectivity index (χ3n) is 3.26. The first-order valence-electron chi connectivity index (χ1n) is 7.09. The summed E-state index contributed by atoms with van der Waals surface area (Å²) in [5.74, 6) is -0.863. The summed E-state index contributed by atoms with van der Waals surface area (Å²) in [5, 5.41) is 11.3. The molecule has 0 aliphatic heterocycles. The highest BCUT2D eigenvalue weighted by Gasteiger charge is 2.08. The van der Waals surface area contributed by atoms with E-state index >= 15 is 0 Å². The molecule has 2 aromatic carbocycles. The van der Waals surface area contributed by atoms with Crippen molar-refractivity contribution in [3.63, 3.8) is 0 Å². The van der Waals surface area contributed by atoms with E-state index in [1.165, 1.54) is 29.8 Å². The molecule has 0 radical (unpaired) electrons. The predicted octanol–water partition coefficient (Wildman–Crippen LogP) is 3.01. The van der Waals surface area contributed by atoms with Crippen LogP contribution in [0.25, 0.3) is 0 Å².